The third-order valence-electron chi connectivity index (χ3n) is 4.03. The molecule has 0 aliphatic carbocycles. The van der Waals surface area contributed by atoms with Gasteiger partial charge in [-0.05, 0) is 23.6 Å². The zero-order chi connectivity index (χ0) is 18.6. The smallest absolute Gasteiger partial charge is 0.196 e. The van der Waals surface area contributed by atoms with Crippen LogP contribution in [0.1, 0.15) is 5.01 Å². The standard InChI is InChI=1S/C21H13ClN4S/c22-16-10-8-15(9-11-16)20-13-27-21(24-20)19(12-23)26-25-18-7-3-5-14-4-1-2-6-17(14)18/h1-11,13,25H. The summed E-state index contributed by atoms with van der Waals surface area (Å²) in [4.78, 5) is 4.54. The Hall–Kier alpha value is -3.20. The van der Waals surface area contributed by atoms with Crippen molar-refractivity contribution >= 4 is 45.1 Å². The number of thiazole rings is 1. The van der Waals surface area contributed by atoms with Gasteiger partial charge in [-0.3, -0.25) is 5.43 Å². The van der Waals surface area contributed by atoms with Crippen molar-refractivity contribution < 1.29 is 0 Å². The fourth-order valence-electron chi connectivity index (χ4n) is 2.70. The molecule has 1 aromatic heterocycles. The van der Waals surface area contributed by atoms with Crippen LogP contribution < -0.4 is 5.43 Å². The zero-order valence-electron chi connectivity index (χ0n) is 14.1. The average Bonchev–Trinajstić information content (AvgIpc) is 3.19. The van der Waals surface area contributed by atoms with E-state index >= 15 is 0 Å². The van der Waals surface area contributed by atoms with E-state index in [0.717, 1.165) is 27.7 Å². The fraction of sp³-hybridized carbons (Fsp3) is 0. The second-order valence-corrected chi connectivity index (χ2v) is 7.05. The minimum absolute atomic E-state index is 0.244. The van der Waals surface area contributed by atoms with Crippen LogP contribution in [0.25, 0.3) is 22.0 Å². The van der Waals surface area contributed by atoms with E-state index in [1.165, 1.54) is 11.3 Å². The van der Waals surface area contributed by atoms with Crippen LogP contribution in [0.3, 0.4) is 0 Å². The molecule has 6 heteroatoms. The van der Waals surface area contributed by atoms with Gasteiger partial charge in [0.15, 0.2) is 10.7 Å². The lowest BCUT2D eigenvalue weighted by molar-refractivity contribution is 1.32. The Morgan fingerprint density at radius 2 is 1.81 bits per heavy atom. The monoisotopic (exact) mass is 388 g/mol. The van der Waals surface area contributed by atoms with Gasteiger partial charge < -0.3 is 0 Å². The van der Waals surface area contributed by atoms with Crippen LogP contribution in [0, 0.1) is 11.3 Å². The fourth-order valence-corrected chi connectivity index (χ4v) is 3.59. The van der Waals surface area contributed by atoms with Crippen molar-refractivity contribution in [3.8, 4) is 17.3 Å². The first kappa shape index (κ1) is 17.2. The Balaban J connectivity index is 1.62. The molecule has 3 aromatic carbocycles. The Kier molecular flexibility index (Phi) is 4.84. The molecular formula is C21H13ClN4S. The van der Waals surface area contributed by atoms with Crippen LogP contribution in [0.5, 0.6) is 0 Å². The van der Waals surface area contributed by atoms with Crippen LogP contribution in [0.2, 0.25) is 5.02 Å². The number of nitrogens with one attached hydrogen (secondary N) is 1. The molecule has 0 saturated carbocycles. The van der Waals surface area contributed by atoms with E-state index in [1.54, 1.807) is 0 Å². The number of halogens is 1. The number of nitriles is 1. The highest BCUT2D eigenvalue weighted by Crippen LogP contribution is 2.25. The minimum atomic E-state index is 0.244. The molecule has 0 atom stereocenters. The number of hydrazone groups is 1. The van der Waals surface area contributed by atoms with Gasteiger partial charge in [0.1, 0.15) is 6.07 Å². The molecule has 130 valence electrons. The van der Waals surface area contributed by atoms with Crippen molar-refractivity contribution in [3.05, 3.63) is 82.1 Å². The van der Waals surface area contributed by atoms with E-state index in [0.29, 0.717) is 10.0 Å². The van der Waals surface area contributed by atoms with Crippen LogP contribution in [0.4, 0.5) is 5.69 Å². The van der Waals surface area contributed by atoms with Gasteiger partial charge in [-0.2, -0.15) is 10.4 Å². The second-order valence-electron chi connectivity index (χ2n) is 5.76. The lowest BCUT2D eigenvalue weighted by Crippen LogP contribution is -2.01. The van der Waals surface area contributed by atoms with Gasteiger partial charge in [0.05, 0.1) is 11.4 Å². The molecular weight excluding hydrogens is 376 g/mol. The van der Waals surface area contributed by atoms with Gasteiger partial charge in [-0.1, -0.05) is 60.1 Å². The molecule has 0 amide bonds. The summed E-state index contributed by atoms with van der Waals surface area (Å²) in [6, 6.07) is 23.5. The number of rotatable bonds is 4. The third-order valence-corrected chi connectivity index (χ3v) is 5.13. The molecule has 4 rings (SSSR count). The molecule has 0 aliphatic rings. The molecule has 1 N–H and O–H groups in total. The molecule has 4 nitrogen and oxygen atoms in total. The molecule has 0 aliphatic heterocycles. The molecule has 0 radical (unpaired) electrons. The molecule has 0 spiro atoms. The maximum absolute atomic E-state index is 9.52. The van der Waals surface area contributed by atoms with Gasteiger partial charge in [0, 0.05) is 21.4 Å². The van der Waals surface area contributed by atoms with Crippen LogP contribution in [0.15, 0.2) is 77.2 Å². The maximum Gasteiger partial charge on any atom is 0.196 e. The number of aromatic nitrogens is 1. The molecule has 1 heterocycles. The largest absolute Gasteiger partial charge is 0.276 e. The summed E-state index contributed by atoms with van der Waals surface area (Å²) < 4.78 is 0. The second kappa shape index (κ2) is 7.58. The van der Waals surface area contributed by atoms with Crippen molar-refractivity contribution in [1.29, 1.82) is 5.26 Å². The first-order chi connectivity index (χ1) is 13.2. The first-order valence-electron chi connectivity index (χ1n) is 8.18. The molecule has 0 unspecified atom stereocenters. The Labute approximate surface area is 165 Å². The predicted molar refractivity (Wildman–Crippen MR) is 112 cm³/mol. The van der Waals surface area contributed by atoms with E-state index in [-0.39, 0.29) is 5.71 Å². The summed E-state index contributed by atoms with van der Waals surface area (Å²) in [7, 11) is 0. The summed E-state index contributed by atoms with van der Waals surface area (Å²) in [6.45, 7) is 0. The highest BCUT2D eigenvalue weighted by atomic mass is 35.5. The number of nitrogens with zero attached hydrogens (tertiary/aromatic N) is 3. The first-order valence-corrected chi connectivity index (χ1v) is 9.44. The van der Waals surface area contributed by atoms with Crippen molar-refractivity contribution in [2.24, 2.45) is 5.10 Å². The summed E-state index contributed by atoms with van der Waals surface area (Å²) >= 11 is 7.31. The highest BCUT2D eigenvalue weighted by molar-refractivity contribution is 7.12. The molecule has 4 aromatic rings. The predicted octanol–water partition coefficient (Wildman–Crippen LogP) is 5.96. The van der Waals surface area contributed by atoms with Crippen molar-refractivity contribution in [3.63, 3.8) is 0 Å². The quantitative estimate of drug-likeness (QED) is 0.346. The van der Waals surface area contributed by atoms with E-state index in [4.69, 9.17) is 11.6 Å². The SMILES string of the molecule is N#CC(=NNc1cccc2ccccc12)c1nc(-c2ccc(Cl)cc2)cs1. The average molecular weight is 389 g/mol. The van der Waals surface area contributed by atoms with Crippen LogP contribution >= 0.6 is 22.9 Å². The lowest BCUT2D eigenvalue weighted by atomic mass is 10.1. The maximum atomic E-state index is 9.52. The van der Waals surface area contributed by atoms with Crippen LogP contribution in [-0.4, -0.2) is 10.7 Å². The number of fused-ring (bicyclic) bond motifs is 1. The van der Waals surface area contributed by atoms with Gasteiger partial charge in [0.2, 0.25) is 0 Å². The third kappa shape index (κ3) is 3.68. The van der Waals surface area contributed by atoms with Gasteiger partial charge in [-0.15, -0.1) is 11.3 Å². The summed E-state index contributed by atoms with van der Waals surface area (Å²) in [5, 5.41) is 19.1. The molecule has 27 heavy (non-hydrogen) atoms. The summed E-state index contributed by atoms with van der Waals surface area (Å²) in [5.41, 5.74) is 5.83. The normalized spacial score (nSPS) is 11.3. The molecule has 0 saturated heterocycles. The Bertz CT molecular complexity index is 1170. The van der Waals surface area contributed by atoms with Crippen molar-refractivity contribution in [2.45, 2.75) is 0 Å². The number of benzene rings is 3. The van der Waals surface area contributed by atoms with Crippen molar-refractivity contribution in [1.82, 2.24) is 4.98 Å². The number of hydrogen-bond donors (Lipinski definition) is 1. The highest BCUT2D eigenvalue weighted by Gasteiger charge is 2.11. The van der Waals surface area contributed by atoms with Crippen LogP contribution in [-0.2, 0) is 0 Å². The van der Waals surface area contributed by atoms with E-state index in [2.05, 4.69) is 21.6 Å². The summed E-state index contributed by atoms with van der Waals surface area (Å²) in [5.74, 6) is 0. The summed E-state index contributed by atoms with van der Waals surface area (Å²) in [6.07, 6.45) is 0. The minimum Gasteiger partial charge on any atom is -0.276 e. The Morgan fingerprint density at radius 1 is 1.04 bits per heavy atom. The van der Waals surface area contributed by atoms with E-state index in [9.17, 15) is 5.26 Å². The van der Waals surface area contributed by atoms with Crippen molar-refractivity contribution in [2.75, 3.05) is 5.43 Å². The van der Waals surface area contributed by atoms with E-state index in [1.807, 2.05) is 72.1 Å². The lowest BCUT2D eigenvalue weighted by Gasteiger charge is -2.05. The molecule has 0 fully saturated rings. The number of hydrogen-bond acceptors (Lipinski definition) is 5. The van der Waals surface area contributed by atoms with Gasteiger partial charge >= 0.3 is 0 Å². The van der Waals surface area contributed by atoms with Gasteiger partial charge in [-0.25, -0.2) is 4.98 Å². The van der Waals surface area contributed by atoms with E-state index < -0.39 is 0 Å². The topological polar surface area (TPSA) is 61.1 Å². The Morgan fingerprint density at radius 3 is 2.63 bits per heavy atom. The van der Waals surface area contributed by atoms with Gasteiger partial charge in [0.25, 0.3) is 0 Å². The molecule has 0 bridgehead atoms. The number of anilines is 1. The zero-order valence-corrected chi connectivity index (χ0v) is 15.6.